The monoisotopic (exact) mass is 492 g/mol. The van der Waals surface area contributed by atoms with Gasteiger partial charge in [0.25, 0.3) is 17.7 Å². The Balaban J connectivity index is 1.57. The van der Waals surface area contributed by atoms with E-state index >= 15 is 0 Å². The highest BCUT2D eigenvalue weighted by Crippen LogP contribution is 2.35. The third-order valence-electron chi connectivity index (χ3n) is 5.69. The molecule has 2 aliphatic heterocycles. The van der Waals surface area contributed by atoms with Crippen LogP contribution in [-0.4, -0.2) is 57.5 Å². The molecule has 10 nitrogen and oxygen atoms in total. The summed E-state index contributed by atoms with van der Waals surface area (Å²) in [5.41, 5.74) is 0.343. The number of fused-ring (bicyclic) bond motifs is 1. The molecule has 1 unspecified atom stereocenters. The highest BCUT2D eigenvalue weighted by atomic mass is 16.6. The van der Waals surface area contributed by atoms with Crippen molar-refractivity contribution in [2.24, 2.45) is 0 Å². The minimum absolute atomic E-state index is 0.000490. The molecule has 2 aromatic rings. The zero-order valence-corrected chi connectivity index (χ0v) is 20.0. The second kappa shape index (κ2) is 9.37. The number of amides is 5. The Hall–Kier alpha value is -4.34. The Labute approximate surface area is 206 Å². The Morgan fingerprint density at radius 1 is 1.03 bits per heavy atom. The summed E-state index contributed by atoms with van der Waals surface area (Å²) in [7, 11) is 0. The van der Waals surface area contributed by atoms with Gasteiger partial charge in [0.15, 0.2) is 0 Å². The number of piperidine rings is 1. The number of carbonyl (C=O) groups excluding carboxylic acids is 6. The molecule has 2 aromatic carbocycles. The summed E-state index contributed by atoms with van der Waals surface area (Å²) in [5, 5.41) is 0. The van der Waals surface area contributed by atoms with Gasteiger partial charge >= 0.3 is 6.09 Å². The fraction of sp³-hybridized carbons (Fsp3) is 0.308. The largest absolute Gasteiger partial charge is 0.488 e. The van der Waals surface area contributed by atoms with Crippen LogP contribution < -0.4 is 4.74 Å². The Kier molecular flexibility index (Phi) is 6.45. The SMILES string of the molecule is CC(C)(C)OC(=O)N1C(=O)CCC(N2C(=O)c3cccc(OCc4ccc(C=O)cc4)c3C2=O)C1=O. The van der Waals surface area contributed by atoms with Crippen LogP contribution >= 0.6 is 0 Å². The lowest BCUT2D eigenvalue weighted by molar-refractivity contribution is -0.149. The summed E-state index contributed by atoms with van der Waals surface area (Å²) in [4.78, 5) is 76.6. The molecule has 1 saturated heterocycles. The van der Waals surface area contributed by atoms with Crippen LogP contribution in [0.4, 0.5) is 4.79 Å². The molecule has 10 heteroatoms. The van der Waals surface area contributed by atoms with Crippen LogP contribution in [0.1, 0.15) is 70.3 Å². The fourth-order valence-electron chi connectivity index (χ4n) is 4.04. The molecule has 1 atom stereocenters. The highest BCUT2D eigenvalue weighted by Gasteiger charge is 2.50. The first kappa shape index (κ1) is 24.8. The molecule has 5 amide bonds. The third kappa shape index (κ3) is 4.61. The van der Waals surface area contributed by atoms with Gasteiger partial charge in [0.05, 0.1) is 11.1 Å². The summed E-state index contributed by atoms with van der Waals surface area (Å²) < 4.78 is 11.0. The third-order valence-corrected chi connectivity index (χ3v) is 5.69. The number of aldehydes is 1. The number of benzene rings is 2. The predicted molar refractivity (Wildman–Crippen MR) is 124 cm³/mol. The molecule has 0 spiro atoms. The minimum Gasteiger partial charge on any atom is -0.488 e. The number of ether oxygens (including phenoxy) is 2. The van der Waals surface area contributed by atoms with Crippen molar-refractivity contribution in [2.45, 2.75) is 51.9 Å². The molecule has 36 heavy (non-hydrogen) atoms. The summed E-state index contributed by atoms with van der Waals surface area (Å²) >= 11 is 0. The van der Waals surface area contributed by atoms with Crippen LogP contribution in [0.15, 0.2) is 42.5 Å². The van der Waals surface area contributed by atoms with Crippen molar-refractivity contribution in [2.75, 3.05) is 0 Å². The van der Waals surface area contributed by atoms with Crippen LogP contribution in [-0.2, 0) is 20.9 Å². The molecule has 2 aliphatic rings. The van der Waals surface area contributed by atoms with Crippen LogP contribution in [0.2, 0.25) is 0 Å². The zero-order chi connectivity index (χ0) is 26.2. The van der Waals surface area contributed by atoms with Gasteiger partial charge in [-0.3, -0.25) is 28.9 Å². The molecule has 0 radical (unpaired) electrons. The van der Waals surface area contributed by atoms with Gasteiger partial charge in [0, 0.05) is 12.0 Å². The maximum absolute atomic E-state index is 13.4. The molecule has 0 bridgehead atoms. The van der Waals surface area contributed by atoms with Gasteiger partial charge in [0.1, 0.15) is 30.3 Å². The van der Waals surface area contributed by atoms with Crippen molar-refractivity contribution in [3.05, 3.63) is 64.7 Å². The maximum atomic E-state index is 13.4. The quantitative estimate of drug-likeness (QED) is 0.460. The van der Waals surface area contributed by atoms with E-state index in [4.69, 9.17) is 9.47 Å². The van der Waals surface area contributed by atoms with E-state index < -0.39 is 41.4 Å². The maximum Gasteiger partial charge on any atom is 0.424 e. The van der Waals surface area contributed by atoms with Gasteiger partial charge in [-0.05, 0) is 44.9 Å². The van der Waals surface area contributed by atoms with Gasteiger partial charge < -0.3 is 9.47 Å². The Bertz CT molecular complexity index is 1280. The van der Waals surface area contributed by atoms with E-state index in [1.165, 1.54) is 12.1 Å². The Morgan fingerprint density at radius 2 is 1.72 bits per heavy atom. The molecule has 2 heterocycles. The summed E-state index contributed by atoms with van der Waals surface area (Å²) in [6.07, 6.45) is -0.758. The molecule has 4 rings (SSSR count). The molecule has 1 fully saturated rings. The molecule has 0 N–H and O–H groups in total. The molecule has 186 valence electrons. The van der Waals surface area contributed by atoms with Gasteiger partial charge in [0.2, 0.25) is 5.91 Å². The van der Waals surface area contributed by atoms with Crippen LogP contribution in [0.3, 0.4) is 0 Å². The van der Waals surface area contributed by atoms with E-state index in [0.29, 0.717) is 10.5 Å². The van der Waals surface area contributed by atoms with Crippen molar-refractivity contribution >= 4 is 36.0 Å². The van der Waals surface area contributed by atoms with E-state index in [9.17, 15) is 28.8 Å². The van der Waals surface area contributed by atoms with Crippen molar-refractivity contribution < 1.29 is 38.2 Å². The predicted octanol–water partition coefficient (Wildman–Crippen LogP) is 3.13. The first-order valence-electron chi connectivity index (χ1n) is 11.3. The first-order chi connectivity index (χ1) is 17.0. The fourth-order valence-corrected chi connectivity index (χ4v) is 4.04. The standard InChI is InChI=1S/C26H24N2O8/c1-26(2,3)36-25(34)28-20(30)12-11-18(23(28)32)27-22(31)17-5-4-6-19(21(17)24(27)33)35-14-16-9-7-15(13-29)8-10-16/h4-10,13,18H,11-12,14H2,1-3H3. The van der Waals surface area contributed by atoms with Gasteiger partial charge in [-0.1, -0.05) is 30.3 Å². The summed E-state index contributed by atoms with van der Waals surface area (Å²) in [6.45, 7) is 4.83. The molecule has 0 aromatic heterocycles. The number of nitrogens with zero attached hydrogens (tertiary/aromatic N) is 2. The first-order valence-corrected chi connectivity index (χ1v) is 11.3. The lowest BCUT2D eigenvalue weighted by atomic mass is 10.0. The highest BCUT2D eigenvalue weighted by molar-refractivity contribution is 6.25. The second-order valence-corrected chi connectivity index (χ2v) is 9.41. The van der Waals surface area contributed by atoms with Crippen LogP contribution in [0, 0.1) is 0 Å². The van der Waals surface area contributed by atoms with E-state index in [0.717, 1.165) is 16.7 Å². The molecular formula is C26H24N2O8. The molecule has 0 aliphatic carbocycles. The number of likely N-dealkylation sites (tertiary alicyclic amines) is 1. The van der Waals surface area contributed by atoms with Gasteiger partial charge in [-0.15, -0.1) is 0 Å². The van der Waals surface area contributed by atoms with Gasteiger partial charge in [-0.25, -0.2) is 4.79 Å². The topological polar surface area (TPSA) is 127 Å². The minimum atomic E-state index is -1.34. The lowest BCUT2D eigenvalue weighted by Crippen LogP contribution is -2.58. The number of hydrogen-bond acceptors (Lipinski definition) is 8. The smallest absolute Gasteiger partial charge is 0.424 e. The van der Waals surface area contributed by atoms with E-state index in [-0.39, 0.29) is 36.3 Å². The average molecular weight is 492 g/mol. The number of hydrogen-bond donors (Lipinski definition) is 0. The van der Waals surface area contributed by atoms with Crippen molar-refractivity contribution in [1.29, 1.82) is 0 Å². The van der Waals surface area contributed by atoms with Crippen molar-refractivity contribution in [3.63, 3.8) is 0 Å². The normalized spacial score (nSPS) is 17.8. The van der Waals surface area contributed by atoms with Crippen molar-refractivity contribution in [3.8, 4) is 5.75 Å². The van der Waals surface area contributed by atoms with Gasteiger partial charge in [-0.2, -0.15) is 4.90 Å². The van der Waals surface area contributed by atoms with Crippen LogP contribution in [0.25, 0.3) is 0 Å². The number of rotatable bonds is 5. The summed E-state index contributed by atoms with van der Waals surface area (Å²) in [6, 6.07) is 9.86. The zero-order valence-electron chi connectivity index (χ0n) is 20.0. The number of carbonyl (C=O) groups is 6. The average Bonchev–Trinajstić information content (AvgIpc) is 3.07. The number of imide groups is 4. The molecular weight excluding hydrogens is 468 g/mol. The van der Waals surface area contributed by atoms with Crippen LogP contribution in [0.5, 0.6) is 5.75 Å². The van der Waals surface area contributed by atoms with Crippen molar-refractivity contribution in [1.82, 2.24) is 9.80 Å². The molecule has 0 saturated carbocycles. The second-order valence-electron chi connectivity index (χ2n) is 9.41. The lowest BCUT2D eigenvalue weighted by Gasteiger charge is -2.34. The Morgan fingerprint density at radius 3 is 2.36 bits per heavy atom. The van der Waals surface area contributed by atoms with E-state index in [1.54, 1.807) is 51.1 Å². The van der Waals surface area contributed by atoms with E-state index in [1.807, 2.05) is 0 Å². The summed E-state index contributed by atoms with van der Waals surface area (Å²) in [5.74, 6) is -3.07. The van der Waals surface area contributed by atoms with E-state index in [2.05, 4.69) is 0 Å².